The molecule has 1 aromatic carbocycles. The molecule has 0 unspecified atom stereocenters. The average Bonchev–Trinajstić information content (AvgIpc) is 2.29. The number of phenols is 1. The first-order valence-electron chi connectivity index (χ1n) is 5.29. The van der Waals surface area contributed by atoms with Crippen molar-refractivity contribution in [3.8, 4) is 17.1 Å². The molecule has 0 spiro atoms. The van der Waals surface area contributed by atoms with Crippen LogP contribution in [-0.2, 0) is 0 Å². The molecule has 0 saturated heterocycles. The maximum atomic E-state index is 9.40. The highest BCUT2D eigenvalue weighted by Crippen LogP contribution is 2.21. The van der Waals surface area contributed by atoms with E-state index in [1.165, 1.54) is 0 Å². The number of aromatic hydroxyl groups is 1. The van der Waals surface area contributed by atoms with Crippen molar-refractivity contribution in [3.05, 3.63) is 42.2 Å². The molecule has 1 aromatic heterocycles. The molecule has 3 heteroatoms. The Balaban J connectivity index is 2.44. The van der Waals surface area contributed by atoms with E-state index in [2.05, 4.69) is 23.8 Å². The second kappa shape index (κ2) is 4.31. The zero-order valence-electron chi connectivity index (χ0n) is 9.38. The molecule has 1 heterocycles. The molecule has 2 aromatic rings. The number of hydrogen-bond acceptors (Lipinski definition) is 3. The van der Waals surface area contributed by atoms with Gasteiger partial charge >= 0.3 is 0 Å². The molecule has 0 amide bonds. The Kier molecular flexibility index (Phi) is 2.86. The highest BCUT2D eigenvalue weighted by molar-refractivity contribution is 5.57. The van der Waals surface area contributed by atoms with Gasteiger partial charge in [0.25, 0.3) is 0 Å². The van der Waals surface area contributed by atoms with Gasteiger partial charge in [0.2, 0.25) is 0 Å². The molecular weight excluding hydrogens is 200 g/mol. The lowest BCUT2D eigenvalue weighted by Crippen LogP contribution is -1.96. The lowest BCUT2D eigenvalue weighted by molar-refractivity contribution is 0.475. The highest BCUT2D eigenvalue weighted by atomic mass is 16.3. The topological polar surface area (TPSA) is 46.0 Å². The van der Waals surface area contributed by atoms with Crippen molar-refractivity contribution in [2.45, 2.75) is 19.8 Å². The molecule has 0 saturated carbocycles. The van der Waals surface area contributed by atoms with Gasteiger partial charge in [-0.3, -0.25) is 0 Å². The Bertz CT molecular complexity index is 495. The van der Waals surface area contributed by atoms with E-state index in [9.17, 15) is 5.11 Å². The quantitative estimate of drug-likeness (QED) is 0.835. The molecule has 0 fully saturated rings. The number of hydrogen-bond donors (Lipinski definition) is 1. The standard InChI is InChI=1S/C13H14N2O/c1-9(2)12-6-7-14-13(15-12)10-4-3-5-11(16)8-10/h3-9,16H,1-2H3. The average molecular weight is 214 g/mol. The molecule has 0 bridgehead atoms. The number of aromatic nitrogens is 2. The summed E-state index contributed by atoms with van der Waals surface area (Å²) in [6.07, 6.45) is 1.75. The summed E-state index contributed by atoms with van der Waals surface area (Å²) < 4.78 is 0. The summed E-state index contributed by atoms with van der Waals surface area (Å²) in [5, 5.41) is 9.40. The summed E-state index contributed by atoms with van der Waals surface area (Å²) in [5.41, 5.74) is 1.84. The minimum Gasteiger partial charge on any atom is -0.508 e. The van der Waals surface area contributed by atoms with Crippen LogP contribution in [0.3, 0.4) is 0 Å². The summed E-state index contributed by atoms with van der Waals surface area (Å²) in [6.45, 7) is 4.18. The molecule has 3 nitrogen and oxygen atoms in total. The van der Waals surface area contributed by atoms with E-state index in [1.54, 1.807) is 24.4 Å². The van der Waals surface area contributed by atoms with E-state index in [-0.39, 0.29) is 5.75 Å². The Hall–Kier alpha value is -1.90. The molecule has 16 heavy (non-hydrogen) atoms. The molecule has 0 radical (unpaired) electrons. The van der Waals surface area contributed by atoms with Gasteiger partial charge in [-0.25, -0.2) is 9.97 Å². The van der Waals surface area contributed by atoms with Gasteiger partial charge in [0.05, 0.1) is 0 Å². The smallest absolute Gasteiger partial charge is 0.159 e. The zero-order chi connectivity index (χ0) is 11.5. The van der Waals surface area contributed by atoms with Crippen molar-refractivity contribution in [3.63, 3.8) is 0 Å². The fraction of sp³-hybridized carbons (Fsp3) is 0.231. The minimum atomic E-state index is 0.232. The molecular formula is C13H14N2O. The molecule has 0 aliphatic heterocycles. The van der Waals surface area contributed by atoms with Crippen molar-refractivity contribution < 1.29 is 5.11 Å². The van der Waals surface area contributed by atoms with Gasteiger partial charge in [-0.05, 0) is 24.1 Å². The third-order valence-corrected chi connectivity index (χ3v) is 2.37. The Labute approximate surface area is 94.8 Å². The van der Waals surface area contributed by atoms with Gasteiger partial charge in [0, 0.05) is 17.5 Å². The largest absolute Gasteiger partial charge is 0.508 e. The van der Waals surface area contributed by atoms with Crippen molar-refractivity contribution in [1.29, 1.82) is 0 Å². The van der Waals surface area contributed by atoms with Crippen molar-refractivity contribution in [2.24, 2.45) is 0 Å². The summed E-state index contributed by atoms with van der Waals surface area (Å²) in [5.74, 6) is 1.26. The van der Waals surface area contributed by atoms with Crippen LogP contribution < -0.4 is 0 Å². The Morgan fingerprint density at radius 3 is 2.69 bits per heavy atom. The number of benzene rings is 1. The molecule has 82 valence electrons. The first-order chi connectivity index (χ1) is 7.66. The van der Waals surface area contributed by atoms with Gasteiger partial charge < -0.3 is 5.11 Å². The van der Waals surface area contributed by atoms with Crippen molar-refractivity contribution in [1.82, 2.24) is 9.97 Å². The molecule has 0 aliphatic carbocycles. The van der Waals surface area contributed by atoms with Crippen LogP contribution in [0.15, 0.2) is 36.5 Å². The summed E-state index contributed by atoms with van der Waals surface area (Å²) in [7, 11) is 0. The van der Waals surface area contributed by atoms with Crippen LogP contribution in [0.1, 0.15) is 25.5 Å². The maximum Gasteiger partial charge on any atom is 0.159 e. The molecule has 0 aliphatic rings. The van der Waals surface area contributed by atoms with Crippen LogP contribution in [0.4, 0.5) is 0 Å². The fourth-order valence-electron chi connectivity index (χ4n) is 1.48. The first-order valence-corrected chi connectivity index (χ1v) is 5.29. The third-order valence-electron chi connectivity index (χ3n) is 2.37. The van der Waals surface area contributed by atoms with Gasteiger partial charge in [-0.1, -0.05) is 26.0 Å². The van der Waals surface area contributed by atoms with Gasteiger partial charge in [-0.15, -0.1) is 0 Å². The predicted octanol–water partition coefficient (Wildman–Crippen LogP) is 2.97. The predicted molar refractivity (Wildman–Crippen MR) is 63.2 cm³/mol. The van der Waals surface area contributed by atoms with E-state index in [0.717, 1.165) is 11.3 Å². The van der Waals surface area contributed by atoms with Gasteiger partial charge in [-0.2, -0.15) is 0 Å². The number of phenolic OH excluding ortho intramolecular Hbond substituents is 1. The second-order valence-electron chi connectivity index (χ2n) is 4.01. The lowest BCUT2D eigenvalue weighted by atomic mass is 10.1. The SMILES string of the molecule is CC(C)c1ccnc(-c2cccc(O)c2)n1. The normalized spacial score (nSPS) is 10.7. The van der Waals surface area contributed by atoms with Crippen molar-refractivity contribution in [2.75, 3.05) is 0 Å². The van der Waals surface area contributed by atoms with E-state index in [1.807, 2.05) is 12.1 Å². The van der Waals surface area contributed by atoms with E-state index < -0.39 is 0 Å². The monoisotopic (exact) mass is 214 g/mol. The molecule has 2 rings (SSSR count). The van der Waals surface area contributed by atoms with Crippen LogP contribution in [0.5, 0.6) is 5.75 Å². The van der Waals surface area contributed by atoms with Crippen LogP contribution in [0.2, 0.25) is 0 Å². The number of nitrogens with zero attached hydrogens (tertiary/aromatic N) is 2. The minimum absolute atomic E-state index is 0.232. The maximum absolute atomic E-state index is 9.40. The van der Waals surface area contributed by atoms with E-state index in [0.29, 0.717) is 11.7 Å². The van der Waals surface area contributed by atoms with Crippen LogP contribution in [0.25, 0.3) is 11.4 Å². The van der Waals surface area contributed by atoms with E-state index in [4.69, 9.17) is 0 Å². The number of rotatable bonds is 2. The zero-order valence-corrected chi connectivity index (χ0v) is 9.38. The summed E-state index contributed by atoms with van der Waals surface area (Å²) in [4.78, 5) is 8.67. The summed E-state index contributed by atoms with van der Waals surface area (Å²) >= 11 is 0. The van der Waals surface area contributed by atoms with Gasteiger partial charge in [0.1, 0.15) is 5.75 Å². The third kappa shape index (κ3) is 2.19. The second-order valence-corrected chi connectivity index (χ2v) is 4.01. The molecule has 0 atom stereocenters. The van der Waals surface area contributed by atoms with Crippen LogP contribution >= 0.6 is 0 Å². The highest BCUT2D eigenvalue weighted by Gasteiger charge is 2.05. The van der Waals surface area contributed by atoms with Crippen LogP contribution in [0, 0.1) is 0 Å². The summed E-state index contributed by atoms with van der Waals surface area (Å²) in [6, 6.07) is 8.89. The Morgan fingerprint density at radius 1 is 1.19 bits per heavy atom. The first kappa shape index (κ1) is 10.6. The molecule has 1 N–H and O–H groups in total. The Morgan fingerprint density at radius 2 is 2.00 bits per heavy atom. The lowest BCUT2D eigenvalue weighted by Gasteiger charge is -2.06. The van der Waals surface area contributed by atoms with E-state index >= 15 is 0 Å². The van der Waals surface area contributed by atoms with Gasteiger partial charge in [0.15, 0.2) is 5.82 Å². The fourth-order valence-corrected chi connectivity index (χ4v) is 1.48. The van der Waals surface area contributed by atoms with Crippen LogP contribution in [-0.4, -0.2) is 15.1 Å². The van der Waals surface area contributed by atoms with Crippen molar-refractivity contribution >= 4 is 0 Å².